The minimum Gasteiger partial charge on any atom is -0.481 e. The van der Waals surface area contributed by atoms with E-state index < -0.39 is 107 Å². The van der Waals surface area contributed by atoms with Crippen LogP contribution in [-0.4, -0.2) is 135 Å². The van der Waals surface area contributed by atoms with Gasteiger partial charge in [0, 0.05) is 67.6 Å². The van der Waals surface area contributed by atoms with Gasteiger partial charge in [0.15, 0.2) is 0 Å². The summed E-state index contributed by atoms with van der Waals surface area (Å²) in [5, 5.41) is 45.0. The van der Waals surface area contributed by atoms with E-state index in [-0.39, 0.29) is 76.2 Å². The minimum absolute atomic E-state index is 0.000566. The van der Waals surface area contributed by atoms with Gasteiger partial charge in [0.2, 0.25) is 35.4 Å². The van der Waals surface area contributed by atoms with Gasteiger partial charge in [-0.1, -0.05) is 71.9 Å². The molecular weight excluding hydrogens is 989 g/mol. The highest BCUT2D eigenvalue weighted by atomic mass is 19.1. The van der Waals surface area contributed by atoms with Crippen LogP contribution in [0.3, 0.4) is 0 Å². The molecule has 0 aliphatic heterocycles. The second-order valence-corrected chi connectivity index (χ2v) is 20.8. The van der Waals surface area contributed by atoms with Gasteiger partial charge in [0.05, 0.1) is 18.6 Å². The zero-order valence-corrected chi connectivity index (χ0v) is 45.0. The van der Waals surface area contributed by atoms with E-state index in [9.17, 15) is 53.0 Å². The summed E-state index contributed by atoms with van der Waals surface area (Å²) in [6.45, 7) is 13.4. The molecule has 0 fully saturated rings. The number of carboxylic acids is 2. The Morgan fingerprint density at radius 1 is 0.789 bits per heavy atom. The molecule has 76 heavy (non-hydrogen) atoms. The van der Waals surface area contributed by atoms with Crippen LogP contribution in [0.15, 0.2) is 60.8 Å². The van der Waals surface area contributed by atoms with Crippen molar-refractivity contribution in [1.29, 1.82) is 0 Å². The predicted octanol–water partition coefficient (Wildman–Crippen LogP) is 3.74. The van der Waals surface area contributed by atoms with Crippen LogP contribution in [0, 0.1) is 23.0 Å². The van der Waals surface area contributed by atoms with Gasteiger partial charge in [-0.25, -0.2) is 13.6 Å². The molecule has 0 bridgehead atoms. The van der Waals surface area contributed by atoms with Gasteiger partial charge < -0.3 is 62.4 Å². The molecule has 0 aliphatic carbocycles. The maximum Gasteiger partial charge on any atom is 0.326 e. The fourth-order valence-electron chi connectivity index (χ4n) is 8.48. The molecular formula is C54H79F2N9O11. The van der Waals surface area contributed by atoms with Crippen molar-refractivity contribution in [1.82, 2.24) is 41.4 Å². The second kappa shape index (κ2) is 30.1. The van der Waals surface area contributed by atoms with E-state index in [1.165, 1.54) is 11.8 Å². The van der Waals surface area contributed by atoms with E-state index in [0.29, 0.717) is 30.6 Å². The van der Waals surface area contributed by atoms with Gasteiger partial charge in [-0.3, -0.25) is 33.6 Å². The SMILES string of the molecule is CCC(C)(CCC(=O)O)NCC(=O)NC(C(=O)N[C@@H](C)C(=O)N[C@@H](CCCCNC(=O)CCNC(=O)[C@@H](N)CCN(C(=O)CO)[C@@H](c1cc(-c2cc(F)ccc2F)cn1Cc1ccccc1)C(C)(C)C)C(=O)O)C(C)C. The molecule has 420 valence electrons. The van der Waals surface area contributed by atoms with Gasteiger partial charge in [-0.15, -0.1) is 0 Å². The van der Waals surface area contributed by atoms with Crippen LogP contribution >= 0.6 is 0 Å². The first-order valence-corrected chi connectivity index (χ1v) is 25.7. The Morgan fingerprint density at radius 2 is 1.47 bits per heavy atom. The third kappa shape index (κ3) is 20.4. The first-order chi connectivity index (χ1) is 35.7. The Hall–Kier alpha value is -6.78. The average molecular weight is 1070 g/mol. The summed E-state index contributed by atoms with van der Waals surface area (Å²) in [7, 11) is 0. The van der Waals surface area contributed by atoms with Crippen molar-refractivity contribution < 1.29 is 62.5 Å². The fraction of sp³-hybridized carbons (Fsp3) is 0.556. The lowest BCUT2D eigenvalue weighted by atomic mass is 9.82. The van der Waals surface area contributed by atoms with Crippen LogP contribution < -0.4 is 37.6 Å². The predicted molar refractivity (Wildman–Crippen MR) is 281 cm³/mol. The van der Waals surface area contributed by atoms with Crippen LogP contribution in [0.25, 0.3) is 11.1 Å². The molecule has 3 aromatic rings. The Kier molecular flexibility index (Phi) is 25.1. The number of hydrogen-bond donors (Lipinski definition) is 10. The van der Waals surface area contributed by atoms with Gasteiger partial charge >= 0.3 is 11.9 Å². The van der Waals surface area contributed by atoms with Crippen LogP contribution in [0.4, 0.5) is 8.78 Å². The number of carbonyl (C=O) groups excluding carboxylic acids is 6. The number of benzene rings is 2. The van der Waals surface area contributed by atoms with Crippen molar-refractivity contribution in [3.63, 3.8) is 0 Å². The molecule has 11 N–H and O–H groups in total. The highest BCUT2D eigenvalue weighted by Gasteiger charge is 2.38. The Labute approximate surface area is 443 Å². The number of amides is 6. The number of carbonyl (C=O) groups is 8. The highest BCUT2D eigenvalue weighted by molar-refractivity contribution is 5.93. The normalized spacial score (nSPS) is 14.3. The molecule has 1 aromatic heterocycles. The molecule has 20 nitrogen and oxygen atoms in total. The lowest BCUT2D eigenvalue weighted by Crippen LogP contribution is -2.57. The Morgan fingerprint density at radius 3 is 2.08 bits per heavy atom. The molecule has 2 aromatic carbocycles. The first-order valence-electron chi connectivity index (χ1n) is 25.7. The number of nitrogens with zero attached hydrogens (tertiary/aromatic N) is 2. The number of unbranched alkanes of at least 4 members (excludes halogenated alkanes) is 1. The summed E-state index contributed by atoms with van der Waals surface area (Å²) < 4.78 is 31.4. The number of nitrogens with two attached hydrogens (primary N) is 1. The molecule has 1 heterocycles. The van der Waals surface area contributed by atoms with E-state index in [1.54, 1.807) is 33.0 Å². The number of aliphatic carboxylic acids is 2. The number of hydrogen-bond acceptors (Lipinski definition) is 11. The smallest absolute Gasteiger partial charge is 0.326 e. The quantitative estimate of drug-likeness (QED) is 0.0399. The van der Waals surface area contributed by atoms with E-state index in [1.807, 2.05) is 62.6 Å². The number of aliphatic hydroxyl groups is 1. The molecule has 0 spiro atoms. The van der Waals surface area contributed by atoms with Crippen molar-refractivity contribution >= 4 is 47.4 Å². The Bertz CT molecular complexity index is 2450. The number of nitrogens with one attached hydrogen (secondary N) is 6. The fourth-order valence-corrected chi connectivity index (χ4v) is 8.48. The zero-order valence-electron chi connectivity index (χ0n) is 45.0. The van der Waals surface area contributed by atoms with Gasteiger partial charge in [0.25, 0.3) is 0 Å². The van der Waals surface area contributed by atoms with E-state index >= 15 is 4.39 Å². The zero-order chi connectivity index (χ0) is 56.9. The summed E-state index contributed by atoms with van der Waals surface area (Å²) >= 11 is 0. The summed E-state index contributed by atoms with van der Waals surface area (Å²) in [5.74, 6) is -7.51. The molecule has 6 amide bonds. The van der Waals surface area contributed by atoms with E-state index in [4.69, 9.17) is 10.8 Å². The van der Waals surface area contributed by atoms with Gasteiger partial charge in [-0.2, -0.15) is 0 Å². The lowest BCUT2D eigenvalue weighted by Gasteiger charge is -2.41. The van der Waals surface area contributed by atoms with E-state index in [2.05, 4.69) is 31.9 Å². The standard InChI is InChI=1S/C54H79F2N9O11/c1-9-54(8,23-20-46(70)71)60-29-44(68)63-47(33(2)3)51(74)61-34(4)49(72)62-41(52(75)76)17-13-14-24-58-43(67)21-25-59-50(73)40(57)22-26-65(45(69)32-66)48(53(5,6)7)42-27-36(38-28-37(55)18-19-39(38)56)31-64(42)30-35-15-11-10-12-16-35/h10-12,15-16,18-19,27-28,31,33-34,40-41,47-48,60,66H,9,13-14,17,20-26,29-30,32,57H2,1-8H3,(H,58,67)(H,59,73)(H,61,74)(H,62,72)(H,63,68)(H,70,71)(H,75,76)/t34-,40-,41-,47?,48-,54?/m0/s1. The Balaban J connectivity index is 1.50. The van der Waals surface area contributed by atoms with Crippen LogP contribution in [0.2, 0.25) is 0 Å². The number of aromatic nitrogens is 1. The van der Waals surface area contributed by atoms with Gasteiger partial charge in [-0.05, 0) is 93.5 Å². The lowest BCUT2D eigenvalue weighted by molar-refractivity contribution is -0.142. The number of aliphatic hydroxyl groups excluding tert-OH is 1. The van der Waals surface area contributed by atoms with Crippen molar-refractivity contribution in [2.45, 2.75) is 149 Å². The van der Waals surface area contributed by atoms with Crippen LogP contribution in [0.5, 0.6) is 0 Å². The summed E-state index contributed by atoms with van der Waals surface area (Å²) in [6.07, 6.45) is 2.91. The average Bonchev–Trinajstić information content (AvgIpc) is 3.76. The number of carboxylic acid groups (broad SMARTS) is 2. The topological polar surface area (TPSA) is 304 Å². The molecule has 0 saturated carbocycles. The minimum atomic E-state index is -1.31. The highest BCUT2D eigenvalue weighted by Crippen LogP contribution is 2.41. The monoisotopic (exact) mass is 1070 g/mol. The maximum atomic E-state index is 15.1. The molecule has 6 atom stereocenters. The summed E-state index contributed by atoms with van der Waals surface area (Å²) in [4.78, 5) is 103. The molecule has 0 radical (unpaired) electrons. The van der Waals surface area contributed by atoms with E-state index in [0.717, 1.165) is 23.8 Å². The molecule has 22 heteroatoms. The molecule has 0 saturated heterocycles. The van der Waals surface area contributed by atoms with Crippen molar-refractivity contribution in [3.05, 3.63) is 83.7 Å². The molecule has 0 aliphatic rings. The van der Waals surface area contributed by atoms with Crippen molar-refractivity contribution in [2.24, 2.45) is 17.1 Å². The second-order valence-electron chi connectivity index (χ2n) is 20.8. The number of halogens is 2. The van der Waals surface area contributed by atoms with Crippen LogP contribution in [0.1, 0.15) is 124 Å². The molecule has 3 rings (SSSR count). The summed E-state index contributed by atoms with van der Waals surface area (Å²) in [5.41, 5.74) is 6.86. The maximum absolute atomic E-state index is 15.1. The third-order valence-corrected chi connectivity index (χ3v) is 13.1. The summed E-state index contributed by atoms with van der Waals surface area (Å²) in [6, 6.07) is 8.89. The van der Waals surface area contributed by atoms with Crippen molar-refractivity contribution in [2.75, 3.05) is 32.8 Å². The number of rotatable bonds is 32. The largest absolute Gasteiger partial charge is 0.481 e. The van der Waals surface area contributed by atoms with Gasteiger partial charge in [0.1, 0.15) is 36.4 Å². The van der Waals surface area contributed by atoms with Crippen LogP contribution in [-0.2, 0) is 44.9 Å². The molecule has 2 unspecified atom stereocenters. The first kappa shape index (κ1) is 63.5. The third-order valence-electron chi connectivity index (χ3n) is 13.1. The van der Waals surface area contributed by atoms with Crippen molar-refractivity contribution in [3.8, 4) is 11.1 Å².